The molecule has 1 aliphatic heterocycles. The van der Waals surface area contributed by atoms with Crippen molar-refractivity contribution in [3.05, 3.63) is 60.9 Å². The summed E-state index contributed by atoms with van der Waals surface area (Å²) in [6.45, 7) is 7.70. The predicted octanol–water partition coefficient (Wildman–Crippen LogP) is 4.65. The lowest BCUT2D eigenvalue weighted by Crippen LogP contribution is -2.36. The van der Waals surface area contributed by atoms with E-state index in [9.17, 15) is 0 Å². The smallest absolute Gasteiger partial charge is 0.166 e. The van der Waals surface area contributed by atoms with E-state index in [2.05, 4.69) is 75.0 Å². The van der Waals surface area contributed by atoms with Crippen LogP contribution in [0.5, 0.6) is 0 Å². The maximum atomic E-state index is 5.45. The molecule has 1 aliphatic rings. The van der Waals surface area contributed by atoms with Gasteiger partial charge in [0, 0.05) is 36.1 Å². The lowest BCUT2D eigenvalue weighted by molar-refractivity contribution is 0.122. The second-order valence-electron chi connectivity index (χ2n) is 7.93. The Morgan fingerprint density at radius 3 is 2.39 bits per heavy atom. The van der Waals surface area contributed by atoms with Crippen molar-refractivity contribution in [1.82, 2.24) is 19.5 Å². The SMILES string of the molecule is CC(C)n1c(-c2ccccc2)nc2c(Nc3ccc(N4CCOCC4)cc3)ncnc21. The Labute approximate surface area is 181 Å². The molecule has 1 fully saturated rings. The molecular formula is C24H26N6O. The van der Waals surface area contributed by atoms with Gasteiger partial charge in [-0.25, -0.2) is 15.0 Å². The molecule has 0 saturated carbocycles. The monoisotopic (exact) mass is 414 g/mol. The maximum Gasteiger partial charge on any atom is 0.166 e. The summed E-state index contributed by atoms with van der Waals surface area (Å²) < 4.78 is 7.61. The number of ether oxygens (including phenoxy) is 1. The number of benzene rings is 2. The standard InChI is InChI=1S/C24H26N6O/c1-17(2)30-23(18-6-4-3-5-7-18)28-21-22(25-16-26-24(21)30)27-19-8-10-20(11-9-19)29-12-14-31-15-13-29/h3-11,16-17H,12-15H2,1-2H3,(H,25,26,27). The van der Waals surface area contributed by atoms with E-state index >= 15 is 0 Å². The number of fused-ring (bicyclic) bond motifs is 1. The van der Waals surface area contributed by atoms with Crippen LogP contribution in [0.2, 0.25) is 0 Å². The lowest BCUT2D eigenvalue weighted by atomic mass is 10.2. The van der Waals surface area contributed by atoms with Gasteiger partial charge < -0.3 is 19.5 Å². The normalized spacial score (nSPS) is 14.4. The fourth-order valence-electron chi connectivity index (χ4n) is 3.99. The molecule has 0 spiro atoms. The van der Waals surface area contributed by atoms with Crippen molar-refractivity contribution >= 4 is 28.4 Å². The topological polar surface area (TPSA) is 68.1 Å². The first-order valence-corrected chi connectivity index (χ1v) is 10.7. The van der Waals surface area contributed by atoms with Crippen LogP contribution in [0, 0.1) is 0 Å². The zero-order valence-electron chi connectivity index (χ0n) is 17.8. The van der Waals surface area contributed by atoms with Crippen LogP contribution >= 0.6 is 0 Å². The Bertz CT molecular complexity index is 1160. The van der Waals surface area contributed by atoms with Gasteiger partial charge in [-0.2, -0.15) is 0 Å². The number of anilines is 3. The van der Waals surface area contributed by atoms with Crippen molar-refractivity contribution in [1.29, 1.82) is 0 Å². The first-order valence-electron chi connectivity index (χ1n) is 10.7. The van der Waals surface area contributed by atoms with E-state index in [-0.39, 0.29) is 6.04 Å². The molecule has 7 heteroatoms. The summed E-state index contributed by atoms with van der Waals surface area (Å²) in [5, 5.41) is 3.44. The minimum Gasteiger partial charge on any atom is -0.378 e. The number of nitrogens with zero attached hydrogens (tertiary/aromatic N) is 5. The third kappa shape index (κ3) is 3.84. The Morgan fingerprint density at radius 2 is 1.68 bits per heavy atom. The van der Waals surface area contributed by atoms with Crippen molar-refractivity contribution in [2.45, 2.75) is 19.9 Å². The first kappa shape index (κ1) is 19.5. The van der Waals surface area contributed by atoms with Gasteiger partial charge in [0.15, 0.2) is 17.0 Å². The van der Waals surface area contributed by atoms with E-state index in [1.54, 1.807) is 6.33 Å². The molecule has 1 N–H and O–H groups in total. The minimum atomic E-state index is 0.218. The number of imidazole rings is 1. The van der Waals surface area contributed by atoms with E-state index < -0.39 is 0 Å². The van der Waals surface area contributed by atoms with Crippen molar-refractivity contribution in [3.8, 4) is 11.4 Å². The van der Waals surface area contributed by atoms with Gasteiger partial charge in [-0.1, -0.05) is 30.3 Å². The third-order valence-electron chi connectivity index (χ3n) is 5.53. The number of hydrogen-bond donors (Lipinski definition) is 1. The third-order valence-corrected chi connectivity index (χ3v) is 5.53. The summed E-state index contributed by atoms with van der Waals surface area (Å²) in [6, 6.07) is 18.9. The highest BCUT2D eigenvalue weighted by atomic mass is 16.5. The molecule has 2 aromatic heterocycles. The predicted molar refractivity (Wildman–Crippen MR) is 124 cm³/mol. The average molecular weight is 415 g/mol. The molecule has 0 radical (unpaired) electrons. The van der Waals surface area contributed by atoms with Gasteiger partial charge in [0.05, 0.1) is 13.2 Å². The molecule has 3 heterocycles. The highest BCUT2D eigenvalue weighted by molar-refractivity contribution is 5.88. The Morgan fingerprint density at radius 1 is 0.935 bits per heavy atom. The summed E-state index contributed by atoms with van der Waals surface area (Å²) >= 11 is 0. The van der Waals surface area contributed by atoms with Gasteiger partial charge >= 0.3 is 0 Å². The molecule has 4 aromatic rings. The molecule has 0 atom stereocenters. The van der Waals surface area contributed by atoms with Crippen molar-refractivity contribution in [2.75, 3.05) is 36.5 Å². The molecule has 1 saturated heterocycles. The van der Waals surface area contributed by atoms with Crippen LogP contribution in [0.15, 0.2) is 60.9 Å². The molecule has 5 rings (SSSR count). The van der Waals surface area contributed by atoms with Crippen molar-refractivity contribution < 1.29 is 4.74 Å². The van der Waals surface area contributed by atoms with Crippen LogP contribution in [-0.4, -0.2) is 45.8 Å². The van der Waals surface area contributed by atoms with Gasteiger partial charge in [0.25, 0.3) is 0 Å². The molecule has 0 amide bonds. The molecule has 0 unspecified atom stereocenters. The summed E-state index contributed by atoms with van der Waals surface area (Å²) in [6.07, 6.45) is 1.60. The number of nitrogens with one attached hydrogen (secondary N) is 1. The molecule has 31 heavy (non-hydrogen) atoms. The fourth-order valence-corrected chi connectivity index (χ4v) is 3.99. The maximum absolute atomic E-state index is 5.45. The summed E-state index contributed by atoms with van der Waals surface area (Å²) in [7, 11) is 0. The van der Waals surface area contributed by atoms with Gasteiger partial charge in [0.2, 0.25) is 0 Å². The van der Waals surface area contributed by atoms with Crippen LogP contribution < -0.4 is 10.2 Å². The molecule has 0 aliphatic carbocycles. The van der Waals surface area contributed by atoms with E-state index in [0.29, 0.717) is 5.82 Å². The van der Waals surface area contributed by atoms with Crippen molar-refractivity contribution in [3.63, 3.8) is 0 Å². The number of hydrogen-bond acceptors (Lipinski definition) is 6. The Hall–Kier alpha value is -3.45. The first-order chi connectivity index (χ1) is 15.2. The fraction of sp³-hybridized carbons (Fsp3) is 0.292. The molecule has 2 aromatic carbocycles. The summed E-state index contributed by atoms with van der Waals surface area (Å²) in [5.74, 6) is 1.61. The number of rotatable bonds is 5. The van der Waals surface area contributed by atoms with E-state index in [0.717, 1.165) is 54.5 Å². The Balaban J connectivity index is 1.49. The summed E-state index contributed by atoms with van der Waals surface area (Å²) in [4.78, 5) is 16.3. The highest BCUT2D eigenvalue weighted by Gasteiger charge is 2.19. The minimum absolute atomic E-state index is 0.218. The second kappa shape index (κ2) is 8.35. The molecule has 0 bridgehead atoms. The van der Waals surface area contributed by atoms with Gasteiger partial charge in [0.1, 0.15) is 12.2 Å². The zero-order chi connectivity index (χ0) is 21.2. The number of morpholine rings is 1. The van der Waals surface area contributed by atoms with Crippen LogP contribution in [0.1, 0.15) is 19.9 Å². The van der Waals surface area contributed by atoms with Crippen molar-refractivity contribution in [2.24, 2.45) is 0 Å². The van der Waals surface area contributed by atoms with Crippen LogP contribution in [0.4, 0.5) is 17.2 Å². The molecular weight excluding hydrogens is 388 g/mol. The van der Waals surface area contributed by atoms with Gasteiger partial charge in [-0.05, 0) is 38.1 Å². The summed E-state index contributed by atoms with van der Waals surface area (Å²) in [5.41, 5.74) is 4.84. The second-order valence-corrected chi connectivity index (χ2v) is 7.93. The van der Waals surface area contributed by atoms with Gasteiger partial charge in [-0.3, -0.25) is 0 Å². The lowest BCUT2D eigenvalue weighted by Gasteiger charge is -2.28. The number of aromatic nitrogens is 4. The highest BCUT2D eigenvalue weighted by Crippen LogP contribution is 2.31. The van der Waals surface area contributed by atoms with Crippen LogP contribution in [0.25, 0.3) is 22.6 Å². The average Bonchev–Trinajstić information content (AvgIpc) is 3.22. The van der Waals surface area contributed by atoms with E-state index in [1.807, 2.05) is 18.2 Å². The molecule has 158 valence electrons. The van der Waals surface area contributed by atoms with Crippen LogP contribution in [0.3, 0.4) is 0 Å². The zero-order valence-corrected chi connectivity index (χ0v) is 17.8. The molecule has 7 nitrogen and oxygen atoms in total. The van der Waals surface area contributed by atoms with E-state index in [4.69, 9.17) is 9.72 Å². The quantitative estimate of drug-likeness (QED) is 0.513. The van der Waals surface area contributed by atoms with E-state index in [1.165, 1.54) is 5.69 Å². The van der Waals surface area contributed by atoms with Gasteiger partial charge in [-0.15, -0.1) is 0 Å². The largest absolute Gasteiger partial charge is 0.378 e. The Kier molecular flexibility index (Phi) is 5.26. The van der Waals surface area contributed by atoms with Crippen LogP contribution in [-0.2, 0) is 4.74 Å².